The number of piperazine rings is 1. The predicted octanol–water partition coefficient (Wildman–Crippen LogP) is 3.12. The molecular formula is C22H29N3O3S. The molecule has 1 fully saturated rings. The third-order valence-corrected chi connectivity index (χ3v) is 7.32. The van der Waals surface area contributed by atoms with Crippen molar-refractivity contribution < 1.29 is 13.2 Å². The summed E-state index contributed by atoms with van der Waals surface area (Å²) in [5.74, 6) is -0.261. The molecule has 0 atom stereocenters. The summed E-state index contributed by atoms with van der Waals surface area (Å²) in [6.45, 7) is 7.97. The van der Waals surface area contributed by atoms with Crippen LogP contribution >= 0.6 is 0 Å². The maximum Gasteiger partial charge on any atom is 0.251 e. The molecule has 0 bridgehead atoms. The SMILES string of the molecule is CCC(C)(C)NC(=O)c1cccc(S(=O)(=O)N2CCN(c3ccccc3)CC2)c1. The zero-order valence-electron chi connectivity index (χ0n) is 17.3. The molecule has 0 aliphatic carbocycles. The first-order valence-electron chi connectivity index (χ1n) is 9.96. The van der Waals surface area contributed by atoms with Gasteiger partial charge in [0.2, 0.25) is 10.0 Å². The minimum atomic E-state index is -3.65. The van der Waals surface area contributed by atoms with Gasteiger partial charge in [-0.05, 0) is 50.6 Å². The summed E-state index contributed by atoms with van der Waals surface area (Å²) >= 11 is 0. The van der Waals surface area contributed by atoms with E-state index in [1.807, 2.05) is 51.1 Å². The maximum atomic E-state index is 13.1. The van der Waals surface area contributed by atoms with Crippen LogP contribution in [0.25, 0.3) is 0 Å². The molecule has 0 aromatic heterocycles. The van der Waals surface area contributed by atoms with Gasteiger partial charge in [0.1, 0.15) is 0 Å². The van der Waals surface area contributed by atoms with Crippen molar-refractivity contribution in [2.24, 2.45) is 0 Å². The van der Waals surface area contributed by atoms with Crippen molar-refractivity contribution in [2.45, 2.75) is 37.6 Å². The van der Waals surface area contributed by atoms with E-state index in [2.05, 4.69) is 10.2 Å². The van der Waals surface area contributed by atoms with Gasteiger partial charge >= 0.3 is 0 Å². The van der Waals surface area contributed by atoms with Crippen molar-refractivity contribution in [1.82, 2.24) is 9.62 Å². The topological polar surface area (TPSA) is 69.7 Å². The number of benzene rings is 2. The molecule has 156 valence electrons. The normalized spacial score (nSPS) is 15.9. The highest BCUT2D eigenvalue weighted by atomic mass is 32.2. The third kappa shape index (κ3) is 4.97. The second-order valence-corrected chi connectivity index (χ2v) is 9.88. The highest BCUT2D eigenvalue weighted by Crippen LogP contribution is 2.22. The van der Waals surface area contributed by atoms with Crippen molar-refractivity contribution in [3.05, 3.63) is 60.2 Å². The van der Waals surface area contributed by atoms with Crippen LogP contribution in [-0.4, -0.2) is 50.3 Å². The maximum absolute atomic E-state index is 13.1. The Labute approximate surface area is 173 Å². The summed E-state index contributed by atoms with van der Waals surface area (Å²) in [5.41, 5.74) is 1.11. The standard InChI is InChI=1S/C22H29N3O3S/c1-4-22(2,3)23-21(26)18-9-8-12-20(17-18)29(27,28)25-15-13-24(14-16-25)19-10-6-5-7-11-19/h5-12,17H,4,13-16H2,1-3H3,(H,23,26). The molecule has 29 heavy (non-hydrogen) atoms. The summed E-state index contributed by atoms with van der Waals surface area (Å²) < 4.78 is 27.7. The van der Waals surface area contributed by atoms with Gasteiger partial charge in [0.05, 0.1) is 4.90 Å². The first-order valence-corrected chi connectivity index (χ1v) is 11.4. The van der Waals surface area contributed by atoms with Crippen molar-refractivity contribution >= 4 is 21.6 Å². The van der Waals surface area contributed by atoms with E-state index in [0.717, 1.165) is 12.1 Å². The number of rotatable bonds is 6. The molecule has 0 unspecified atom stereocenters. The smallest absolute Gasteiger partial charge is 0.251 e. The molecule has 6 nitrogen and oxygen atoms in total. The number of carbonyl (C=O) groups excluding carboxylic acids is 1. The zero-order valence-corrected chi connectivity index (χ0v) is 18.1. The van der Waals surface area contributed by atoms with Gasteiger partial charge in [-0.25, -0.2) is 8.42 Å². The first kappa shape index (κ1) is 21.3. The van der Waals surface area contributed by atoms with Crippen molar-refractivity contribution in [3.8, 4) is 0 Å². The fourth-order valence-electron chi connectivity index (χ4n) is 3.24. The number of para-hydroxylation sites is 1. The van der Waals surface area contributed by atoms with Crippen LogP contribution in [0.15, 0.2) is 59.5 Å². The molecule has 0 saturated carbocycles. The molecule has 1 aliphatic heterocycles. The lowest BCUT2D eigenvalue weighted by atomic mass is 10.0. The molecule has 7 heteroatoms. The largest absolute Gasteiger partial charge is 0.369 e. The van der Waals surface area contributed by atoms with Crippen molar-refractivity contribution in [1.29, 1.82) is 0 Å². The Morgan fingerprint density at radius 2 is 1.66 bits per heavy atom. The van der Waals surface area contributed by atoms with Gasteiger partial charge in [0.15, 0.2) is 0 Å². The second kappa shape index (κ2) is 8.55. The zero-order chi connectivity index (χ0) is 21.1. The van der Waals surface area contributed by atoms with Crippen LogP contribution in [0.5, 0.6) is 0 Å². The lowest BCUT2D eigenvalue weighted by Crippen LogP contribution is -2.48. The van der Waals surface area contributed by atoms with E-state index in [0.29, 0.717) is 31.7 Å². The molecule has 1 heterocycles. The molecule has 2 aromatic rings. The average molecular weight is 416 g/mol. The number of amides is 1. The molecule has 0 spiro atoms. The number of nitrogens with zero attached hydrogens (tertiary/aromatic N) is 2. The van der Waals surface area contributed by atoms with Crippen molar-refractivity contribution in [3.63, 3.8) is 0 Å². The fourth-order valence-corrected chi connectivity index (χ4v) is 4.71. The highest BCUT2D eigenvalue weighted by molar-refractivity contribution is 7.89. The molecule has 1 aliphatic rings. The molecule has 1 amide bonds. The number of nitrogens with one attached hydrogen (secondary N) is 1. The highest BCUT2D eigenvalue weighted by Gasteiger charge is 2.29. The van der Waals surface area contributed by atoms with Gasteiger partial charge in [-0.3, -0.25) is 4.79 Å². The Morgan fingerprint density at radius 3 is 2.28 bits per heavy atom. The average Bonchev–Trinajstić information content (AvgIpc) is 2.74. The molecule has 0 radical (unpaired) electrons. The fraction of sp³-hybridized carbons (Fsp3) is 0.409. The van der Waals surface area contributed by atoms with Crippen LogP contribution < -0.4 is 10.2 Å². The van der Waals surface area contributed by atoms with Crippen molar-refractivity contribution in [2.75, 3.05) is 31.1 Å². The molecule has 2 aromatic carbocycles. The minimum Gasteiger partial charge on any atom is -0.369 e. The monoisotopic (exact) mass is 415 g/mol. The summed E-state index contributed by atoms with van der Waals surface area (Å²) in [4.78, 5) is 14.9. The van der Waals surface area contributed by atoms with Gasteiger partial charge in [-0.15, -0.1) is 0 Å². The predicted molar refractivity (Wildman–Crippen MR) is 116 cm³/mol. The van der Waals surface area contributed by atoms with Gasteiger partial charge in [-0.1, -0.05) is 31.2 Å². The summed E-state index contributed by atoms with van der Waals surface area (Å²) in [6.07, 6.45) is 0.780. The Hall–Kier alpha value is -2.38. The van der Waals surface area contributed by atoms with Gasteiger partial charge < -0.3 is 10.2 Å². The first-order chi connectivity index (χ1) is 13.7. The molecule has 1 saturated heterocycles. The lowest BCUT2D eigenvalue weighted by molar-refractivity contribution is 0.0911. The summed E-state index contributed by atoms with van der Waals surface area (Å²) in [7, 11) is -3.65. The summed E-state index contributed by atoms with van der Waals surface area (Å²) in [6, 6.07) is 16.3. The van der Waals surface area contributed by atoms with E-state index in [4.69, 9.17) is 0 Å². The van der Waals surface area contributed by atoms with Gasteiger partial charge in [-0.2, -0.15) is 4.31 Å². The van der Waals surface area contributed by atoms with Crippen LogP contribution in [0.2, 0.25) is 0 Å². The lowest BCUT2D eigenvalue weighted by Gasteiger charge is -2.35. The Kier molecular flexibility index (Phi) is 6.29. The molecule has 1 N–H and O–H groups in total. The van der Waals surface area contributed by atoms with Gasteiger partial charge in [0.25, 0.3) is 5.91 Å². The number of hydrogen-bond acceptors (Lipinski definition) is 4. The van der Waals surface area contributed by atoms with Crippen LogP contribution in [0.1, 0.15) is 37.6 Å². The number of sulfonamides is 1. The Balaban J connectivity index is 1.73. The Bertz CT molecular complexity index is 950. The van der Waals surface area contributed by atoms with Crippen LogP contribution in [-0.2, 0) is 10.0 Å². The summed E-state index contributed by atoms with van der Waals surface area (Å²) in [5, 5.41) is 2.95. The van der Waals surface area contributed by atoms with E-state index >= 15 is 0 Å². The van der Waals surface area contributed by atoms with E-state index < -0.39 is 10.0 Å². The van der Waals surface area contributed by atoms with Gasteiger partial charge in [0, 0.05) is 43.0 Å². The molecular weight excluding hydrogens is 386 g/mol. The second-order valence-electron chi connectivity index (χ2n) is 7.95. The Morgan fingerprint density at radius 1 is 1.00 bits per heavy atom. The van der Waals surface area contributed by atoms with Crippen LogP contribution in [0.4, 0.5) is 5.69 Å². The number of carbonyl (C=O) groups is 1. The number of anilines is 1. The van der Waals surface area contributed by atoms with E-state index in [-0.39, 0.29) is 16.3 Å². The van der Waals surface area contributed by atoms with Crippen LogP contribution in [0, 0.1) is 0 Å². The molecule has 3 rings (SSSR count). The quantitative estimate of drug-likeness (QED) is 0.787. The third-order valence-electron chi connectivity index (χ3n) is 5.43. The van der Waals surface area contributed by atoms with E-state index in [1.165, 1.54) is 10.4 Å². The van der Waals surface area contributed by atoms with E-state index in [1.54, 1.807) is 18.2 Å². The minimum absolute atomic E-state index is 0.160. The number of hydrogen-bond donors (Lipinski definition) is 1. The van der Waals surface area contributed by atoms with E-state index in [9.17, 15) is 13.2 Å². The van der Waals surface area contributed by atoms with Crippen LogP contribution in [0.3, 0.4) is 0 Å².